The molecule has 10 heteroatoms. The summed E-state index contributed by atoms with van der Waals surface area (Å²) in [6, 6.07) is 12.0. The number of para-hydroxylation sites is 1. The largest absolute Gasteiger partial charge is 0.324 e. The van der Waals surface area contributed by atoms with Crippen molar-refractivity contribution in [2.75, 3.05) is 23.6 Å². The van der Waals surface area contributed by atoms with Gasteiger partial charge in [0.1, 0.15) is 11.7 Å². The van der Waals surface area contributed by atoms with E-state index in [4.69, 9.17) is 0 Å². The Labute approximate surface area is 173 Å². The molecular formula is C20H21FN4O4S. The Kier molecular flexibility index (Phi) is 6.16. The molecule has 2 aromatic rings. The summed E-state index contributed by atoms with van der Waals surface area (Å²) < 4.78 is 37.7. The van der Waals surface area contributed by atoms with E-state index in [9.17, 15) is 22.4 Å². The predicted molar refractivity (Wildman–Crippen MR) is 112 cm³/mol. The van der Waals surface area contributed by atoms with E-state index in [1.54, 1.807) is 30.3 Å². The summed E-state index contributed by atoms with van der Waals surface area (Å²) >= 11 is 0. The number of carbonyl (C=O) groups excluding carboxylic acids is 2. The van der Waals surface area contributed by atoms with E-state index in [2.05, 4.69) is 15.6 Å². The normalized spacial score (nSPS) is 16.4. The van der Waals surface area contributed by atoms with Gasteiger partial charge in [0.05, 0.1) is 11.4 Å². The summed E-state index contributed by atoms with van der Waals surface area (Å²) in [4.78, 5) is 30.8. The zero-order chi connectivity index (χ0) is 21.9. The smallest absolute Gasteiger partial charge is 0.317 e. The molecule has 1 aliphatic rings. The Balaban J connectivity index is 2.00. The van der Waals surface area contributed by atoms with Crippen molar-refractivity contribution in [3.8, 4) is 0 Å². The Morgan fingerprint density at radius 3 is 2.43 bits per heavy atom. The molecule has 3 rings (SSSR count). The van der Waals surface area contributed by atoms with Crippen molar-refractivity contribution in [1.82, 2.24) is 10.6 Å². The Bertz CT molecular complexity index is 1120. The number of nitrogens with zero attached hydrogens (tertiary/aromatic N) is 2. The number of carbonyl (C=O) groups is 2. The minimum Gasteiger partial charge on any atom is -0.324 e. The van der Waals surface area contributed by atoms with E-state index >= 15 is 0 Å². The highest BCUT2D eigenvalue weighted by atomic mass is 32.2. The third kappa shape index (κ3) is 4.48. The van der Waals surface area contributed by atoms with E-state index in [-0.39, 0.29) is 17.0 Å². The molecule has 1 unspecified atom stereocenters. The Morgan fingerprint density at radius 2 is 1.77 bits per heavy atom. The number of aliphatic imine (C=N–C) groups is 1. The molecule has 0 fully saturated rings. The van der Waals surface area contributed by atoms with E-state index in [1.165, 1.54) is 37.1 Å². The maximum atomic E-state index is 14.5. The molecule has 2 N–H and O–H groups in total. The first-order chi connectivity index (χ1) is 14.2. The van der Waals surface area contributed by atoms with Crippen molar-refractivity contribution in [2.45, 2.75) is 13.1 Å². The number of benzodiazepines with no additional fused rings is 1. The van der Waals surface area contributed by atoms with Crippen molar-refractivity contribution in [1.29, 1.82) is 0 Å². The molecule has 2 aromatic carbocycles. The van der Waals surface area contributed by atoms with Gasteiger partial charge < -0.3 is 15.5 Å². The summed E-state index contributed by atoms with van der Waals surface area (Å²) in [5.74, 6) is -1.79. The highest BCUT2D eigenvalue weighted by Crippen LogP contribution is 2.27. The molecule has 0 bridgehead atoms. The predicted octanol–water partition coefficient (Wildman–Crippen LogP) is 1.66. The van der Waals surface area contributed by atoms with Crippen LogP contribution in [0.2, 0.25) is 0 Å². The zero-order valence-electron chi connectivity index (χ0n) is 16.4. The van der Waals surface area contributed by atoms with Gasteiger partial charge in [0.2, 0.25) is 6.17 Å². The van der Waals surface area contributed by atoms with Gasteiger partial charge in [0.15, 0.2) is 9.84 Å². The van der Waals surface area contributed by atoms with E-state index in [0.29, 0.717) is 11.3 Å². The molecule has 0 aliphatic carbocycles. The SMILES string of the molecule is CCS(=O)(=O)CNC(=O)NC1N=C(c2ccccc2F)c2ccccc2N(C)C1=O. The lowest BCUT2D eigenvalue weighted by Gasteiger charge is -2.21. The number of hydrogen-bond donors (Lipinski definition) is 2. The van der Waals surface area contributed by atoms with Crippen LogP contribution in [0.1, 0.15) is 18.1 Å². The summed E-state index contributed by atoms with van der Waals surface area (Å²) in [5, 5.41) is 4.59. The van der Waals surface area contributed by atoms with Crippen LogP contribution in [0.3, 0.4) is 0 Å². The van der Waals surface area contributed by atoms with Gasteiger partial charge in [0, 0.05) is 23.9 Å². The van der Waals surface area contributed by atoms with Crippen LogP contribution in [0.25, 0.3) is 0 Å². The van der Waals surface area contributed by atoms with Crippen LogP contribution in [0.4, 0.5) is 14.9 Å². The standard InChI is InChI=1S/C20H21FN4O4S/c1-3-30(28,29)12-22-20(27)24-18-19(26)25(2)16-11-7-5-9-14(16)17(23-18)13-8-4-6-10-15(13)21/h4-11,18H,3,12H2,1-2H3,(H2,22,24,27). The second kappa shape index (κ2) is 8.62. The number of likely N-dealkylation sites (N-methyl/N-ethyl adjacent to an activating group) is 1. The molecular weight excluding hydrogens is 411 g/mol. The van der Waals surface area contributed by atoms with E-state index in [1.807, 2.05) is 0 Å². The summed E-state index contributed by atoms with van der Waals surface area (Å²) in [5.41, 5.74) is 1.40. The highest BCUT2D eigenvalue weighted by molar-refractivity contribution is 7.91. The molecule has 1 aliphatic heterocycles. The number of urea groups is 1. The average Bonchev–Trinajstić information content (AvgIpc) is 2.84. The van der Waals surface area contributed by atoms with E-state index in [0.717, 1.165) is 0 Å². The van der Waals surface area contributed by atoms with Crippen LogP contribution < -0.4 is 15.5 Å². The third-order valence-electron chi connectivity index (χ3n) is 4.63. The zero-order valence-corrected chi connectivity index (χ0v) is 17.2. The van der Waals surface area contributed by atoms with Crippen molar-refractivity contribution in [3.05, 3.63) is 65.5 Å². The van der Waals surface area contributed by atoms with Crippen molar-refractivity contribution in [2.24, 2.45) is 4.99 Å². The van der Waals surface area contributed by atoms with E-state index < -0.39 is 39.6 Å². The van der Waals surface area contributed by atoms with Gasteiger partial charge in [-0.05, 0) is 18.2 Å². The van der Waals surface area contributed by atoms with Crippen LogP contribution in [-0.4, -0.2) is 50.9 Å². The van der Waals surface area contributed by atoms with Crippen LogP contribution >= 0.6 is 0 Å². The second-order valence-electron chi connectivity index (χ2n) is 6.60. The average molecular weight is 432 g/mol. The number of benzene rings is 2. The molecule has 1 heterocycles. The first kappa shape index (κ1) is 21.4. The van der Waals surface area contributed by atoms with Gasteiger partial charge in [0.25, 0.3) is 5.91 Å². The Morgan fingerprint density at radius 1 is 1.13 bits per heavy atom. The van der Waals surface area contributed by atoms with Crippen LogP contribution in [0, 0.1) is 5.82 Å². The quantitative estimate of drug-likeness (QED) is 0.749. The first-order valence-corrected chi connectivity index (χ1v) is 11.0. The molecule has 0 saturated heterocycles. The second-order valence-corrected chi connectivity index (χ2v) is 8.95. The number of hydrogen-bond acceptors (Lipinski definition) is 5. The highest BCUT2D eigenvalue weighted by Gasteiger charge is 2.31. The van der Waals surface area contributed by atoms with Gasteiger partial charge in [-0.2, -0.15) is 0 Å². The van der Waals surface area contributed by atoms with Crippen molar-refractivity contribution in [3.63, 3.8) is 0 Å². The number of sulfone groups is 1. The maximum Gasteiger partial charge on any atom is 0.317 e. The summed E-state index contributed by atoms with van der Waals surface area (Å²) in [6.07, 6.45) is -1.37. The summed E-state index contributed by atoms with van der Waals surface area (Å²) in [6.45, 7) is 1.46. The molecule has 0 saturated carbocycles. The Hall–Kier alpha value is -3.27. The molecule has 0 aromatic heterocycles. The number of halogens is 1. The lowest BCUT2D eigenvalue weighted by molar-refractivity contribution is -0.119. The molecule has 30 heavy (non-hydrogen) atoms. The maximum absolute atomic E-state index is 14.5. The van der Waals surface area contributed by atoms with Crippen molar-refractivity contribution >= 4 is 33.2 Å². The van der Waals surface area contributed by atoms with Crippen LogP contribution in [-0.2, 0) is 14.6 Å². The lowest BCUT2D eigenvalue weighted by Crippen LogP contribution is -2.50. The molecule has 1 atom stereocenters. The van der Waals surface area contributed by atoms with Gasteiger partial charge in [-0.25, -0.2) is 22.6 Å². The number of amides is 3. The molecule has 158 valence electrons. The van der Waals surface area contributed by atoms with Gasteiger partial charge in [-0.3, -0.25) is 4.79 Å². The fraction of sp³-hybridized carbons (Fsp3) is 0.250. The van der Waals surface area contributed by atoms with Crippen LogP contribution in [0.5, 0.6) is 0 Å². The monoisotopic (exact) mass is 432 g/mol. The van der Waals surface area contributed by atoms with Crippen LogP contribution in [0.15, 0.2) is 53.5 Å². The number of rotatable bonds is 5. The minimum absolute atomic E-state index is 0.136. The molecule has 0 spiro atoms. The molecule has 8 nitrogen and oxygen atoms in total. The number of fused-ring (bicyclic) bond motifs is 1. The van der Waals surface area contributed by atoms with Gasteiger partial charge in [-0.1, -0.05) is 37.3 Å². The fourth-order valence-corrected chi connectivity index (χ4v) is 3.49. The summed E-state index contributed by atoms with van der Waals surface area (Å²) in [7, 11) is -1.92. The van der Waals surface area contributed by atoms with Gasteiger partial charge >= 0.3 is 6.03 Å². The number of nitrogens with one attached hydrogen (secondary N) is 2. The fourth-order valence-electron chi connectivity index (χ4n) is 2.94. The topological polar surface area (TPSA) is 108 Å². The third-order valence-corrected chi connectivity index (χ3v) is 6.10. The number of anilines is 1. The molecule has 0 radical (unpaired) electrons. The molecule has 3 amide bonds. The van der Waals surface area contributed by atoms with Gasteiger partial charge in [-0.15, -0.1) is 0 Å². The van der Waals surface area contributed by atoms with Crippen molar-refractivity contribution < 1.29 is 22.4 Å². The first-order valence-electron chi connectivity index (χ1n) is 9.18. The minimum atomic E-state index is -3.44. The lowest BCUT2D eigenvalue weighted by atomic mass is 10.00.